The molecule has 7 heteroatoms. The highest BCUT2D eigenvalue weighted by atomic mass is 79.9. The lowest BCUT2D eigenvalue weighted by Crippen LogP contribution is -2.19. The van der Waals surface area contributed by atoms with Gasteiger partial charge in [0.15, 0.2) is 0 Å². The summed E-state index contributed by atoms with van der Waals surface area (Å²) in [5, 5.41) is 23.4. The van der Waals surface area contributed by atoms with Crippen LogP contribution in [0, 0.1) is 0 Å². The van der Waals surface area contributed by atoms with Crippen LogP contribution in [-0.2, 0) is 0 Å². The van der Waals surface area contributed by atoms with E-state index >= 15 is 0 Å². The predicted molar refractivity (Wildman–Crippen MR) is 81.8 cm³/mol. The number of amides is 2. The topological polar surface area (TPSA) is 98.7 Å². The molecular formula is C14H11BrN2O4. The minimum Gasteiger partial charge on any atom is -0.507 e. The summed E-state index contributed by atoms with van der Waals surface area (Å²) in [5.41, 5.74) is 0.573. The highest BCUT2D eigenvalue weighted by molar-refractivity contribution is 9.10. The molecule has 2 rings (SSSR count). The van der Waals surface area contributed by atoms with Crippen LogP contribution in [0.3, 0.4) is 0 Å². The van der Waals surface area contributed by atoms with E-state index in [9.17, 15) is 14.7 Å². The summed E-state index contributed by atoms with van der Waals surface area (Å²) in [6.45, 7) is 0. The van der Waals surface area contributed by atoms with Gasteiger partial charge in [0.25, 0.3) is 0 Å². The maximum Gasteiger partial charge on any atom is 0.339 e. The summed E-state index contributed by atoms with van der Waals surface area (Å²) in [6.07, 6.45) is 0. The third-order valence-corrected chi connectivity index (χ3v) is 3.12. The van der Waals surface area contributed by atoms with Gasteiger partial charge in [0.2, 0.25) is 0 Å². The second kappa shape index (κ2) is 6.27. The summed E-state index contributed by atoms with van der Waals surface area (Å²) in [7, 11) is 0. The van der Waals surface area contributed by atoms with Gasteiger partial charge in [-0.3, -0.25) is 0 Å². The fourth-order valence-corrected chi connectivity index (χ4v) is 1.88. The molecule has 0 saturated carbocycles. The van der Waals surface area contributed by atoms with E-state index in [0.29, 0.717) is 5.69 Å². The lowest BCUT2D eigenvalue weighted by Gasteiger charge is -2.09. The number of rotatable bonds is 3. The number of anilines is 2. The number of carboxylic acids is 1. The van der Waals surface area contributed by atoms with Gasteiger partial charge in [-0.2, -0.15) is 0 Å². The molecule has 0 unspecified atom stereocenters. The first-order valence-corrected chi connectivity index (χ1v) is 6.65. The van der Waals surface area contributed by atoms with E-state index in [0.717, 1.165) is 4.47 Å². The maximum absolute atomic E-state index is 11.8. The van der Waals surface area contributed by atoms with Crippen molar-refractivity contribution < 1.29 is 19.8 Å². The van der Waals surface area contributed by atoms with Crippen molar-refractivity contribution in [2.75, 3.05) is 10.6 Å². The van der Waals surface area contributed by atoms with Crippen LogP contribution in [0.1, 0.15) is 10.4 Å². The molecule has 0 atom stereocenters. The quantitative estimate of drug-likeness (QED) is 0.636. The smallest absolute Gasteiger partial charge is 0.339 e. The second-order valence-corrected chi connectivity index (χ2v) is 5.04. The number of benzene rings is 2. The van der Waals surface area contributed by atoms with Crippen molar-refractivity contribution >= 4 is 39.3 Å². The lowest BCUT2D eigenvalue weighted by molar-refractivity contribution is 0.0693. The standard InChI is InChI=1S/C14H11BrN2O4/c15-8-1-3-9(4-2-8)16-14(21)17-10-5-6-12(18)11(7-10)13(19)20/h1-7,18H,(H,19,20)(H2,16,17,21). The van der Waals surface area contributed by atoms with Crippen LogP contribution in [0.15, 0.2) is 46.9 Å². The molecule has 108 valence electrons. The van der Waals surface area contributed by atoms with Crippen LogP contribution >= 0.6 is 15.9 Å². The van der Waals surface area contributed by atoms with E-state index in [4.69, 9.17) is 5.11 Å². The van der Waals surface area contributed by atoms with Gasteiger partial charge in [-0.15, -0.1) is 0 Å². The molecule has 0 aliphatic carbocycles. The molecule has 0 fully saturated rings. The highest BCUT2D eigenvalue weighted by Crippen LogP contribution is 2.21. The van der Waals surface area contributed by atoms with Crippen molar-refractivity contribution in [3.05, 3.63) is 52.5 Å². The van der Waals surface area contributed by atoms with Gasteiger partial charge in [0.1, 0.15) is 11.3 Å². The predicted octanol–water partition coefficient (Wildman–Crippen LogP) is 3.50. The van der Waals surface area contributed by atoms with Gasteiger partial charge in [-0.25, -0.2) is 9.59 Å². The first-order chi connectivity index (χ1) is 9.95. The molecule has 0 spiro atoms. The Bertz CT molecular complexity index is 686. The summed E-state index contributed by atoms with van der Waals surface area (Å²) < 4.78 is 0.887. The third-order valence-electron chi connectivity index (χ3n) is 2.59. The average molecular weight is 351 g/mol. The van der Waals surface area contributed by atoms with E-state index in [1.165, 1.54) is 18.2 Å². The monoisotopic (exact) mass is 350 g/mol. The molecule has 0 aliphatic heterocycles. The fraction of sp³-hybridized carbons (Fsp3) is 0. The van der Waals surface area contributed by atoms with Gasteiger partial charge < -0.3 is 20.8 Å². The van der Waals surface area contributed by atoms with Crippen LogP contribution in [-0.4, -0.2) is 22.2 Å². The number of carboxylic acid groups (broad SMARTS) is 1. The van der Waals surface area contributed by atoms with E-state index < -0.39 is 12.0 Å². The second-order valence-electron chi connectivity index (χ2n) is 4.12. The molecule has 2 aromatic carbocycles. The SMILES string of the molecule is O=C(Nc1ccc(Br)cc1)Nc1ccc(O)c(C(=O)O)c1. The molecule has 2 aromatic rings. The average Bonchev–Trinajstić information content (AvgIpc) is 2.43. The fourth-order valence-electron chi connectivity index (χ4n) is 1.61. The molecule has 0 radical (unpaired) electrons. The van der Waals surface area contributed by atoms with Gasteiger partial charge in [-0.05, 0) is 42.5 Å². The molecule has 6 nitrogen and oxygen atoms in total. The van der Waals surface area contributed by atoms with Crippen LogP contribution < -0.4 is 10.6 Å². The van der Waals surface area contributed by atoms with Crippen molar-refractivity contribution in [2.24, 2.45) is 0 Å². The Labute approximate surface area is 128 Å². The zero-order valence-electron chi connectivity index (χ0n) is 10.6. The number of aromatic hydroxyl groups is 1. The van der Waals surface area contributed by atoms with Crippen molar-refractivity contribution in [3.63, 3.8) is 0 Å². The Hall–Kier alpha value is -2.54. The number of phenols is 1. The molecule has 0 heterocycles. The normalized spacial score (nSPS) is 9.95. The minimum absolute atomic E-state index is 0.264. The number of urea groups is 1. The van der Waals surface area contributed by atoms with Crippen LogP contribution in [0.2, 0.25) is 0 Å². The van der Waals surface area contributed by atoms with Gasteiger partial charge in [-0.1, -0.05) is 15.9 Å². The summed E-state index contributed by atoms with van der Waals surface area (Å²) in [6, 6.07) is 10.3. The maximum atomic E-state index is 11.8. The van der Waals surface area contributed by atoms with E-state index in [-0.39, 0.29) is 17.0 Å². The number of carbonyl (C=O) groups excluding carboxylic acids is 1. The lowest BCUT2D eigenvalue weighted by atomic mass is 10.2. The molecule has 4 N–H and O–H groups in total. The van der Waals surface area contributed by atoms with Crippen molar-refractivity contribution in [2.45, 2.75) is 0 Å². The van der Waals surface area contributed by atoms with Crippen LogP contribution in [0.4, 0.5) is 16.2 Å². The molecule has 2 amide bonds. The Morgan fingerprint density at radius 3 is 2.14 bits per heavy atom. The number of carbonyl (C=O) groups is 2. The Morgan fingerprint density at radius 1 is 0.952 bits per heavy atom. The zero-order valence-corrected chi connectivity index (χ0v) is 12.2. The van der Waals surface area contributed by atoms with Crippen LogP contribution in [0.25, 0.3) is 0 Å². The molecule has 0 bridgehead atoms. The number of nitrogens with one attached hydrogen (secondary N) is 2. The number of hydrogen-bond acceptors (Lipinski definition) is 3. The summed E-state index contributed by atoms with van der Waals surface area (Å²) in [5.74, 6) is -1.63. The van der Waals surface area contributed by atoms with Gasteiger partial charge in [0.05, 0.1) is 0 Å². The summed E-state index contributed by atoms with van der Waals surface area (Å²) in [4.78, 5) is 22.7. The van der Waals surface area contributed by atoms with Crippen molar-refractivity contribution in [3.8, 4) is 5.75 Å². The molecule has 21 heavy (non-hydrogen) atoms. The number of hydrogen-bond donors (Lipinski definition) is 4. The van der Waals surface area contributed by atoms with E-state index in [1.807, 2.05) is 0 Å². The first-order valence-electron chi connectivity index (χ1n) is 5.85. The number of aromatic carboxylic acids is 1. The van der Waals surface area contributed by atoms with Gasteiger partial charge in [0, 0.05) is 15.8 Å². The molecule has 0 saturated heterocycles. The van der Waals surface area contributed by atoms with Crippen LogP contribution in [0.5, 0.6) is 5.75 Å². The Balaban J connectivity index is 2.07. The molecular weight excluding hydrogens is 340 g/mol. The van der Waals surface area contributed by atoms with E-state index in [1.54, 1.807) is 24.3 Å². The minimum atomic E-state index is -1.27. The first kappa shape index (κ1) is 14.9. The van der Waals surface area contributed by atoms with E-state index in [2.05, 4.69) is 26.6 Å². The zero-order chi connectivity index (χ0) is 15.4. The largest absolute Gasteiger partial charge is 0.507 e. The third kappa shape index (κ3) is 3.96. The number of halogens is 1. The summed E-state index contributed by atoms with van der Waals surface area (Å²) >= 11 is 3.29. The Morgan fingerprint density at radius 2 is 1.52 bits per heavy atom. The Kier molecular flexibility index (Phi) is 4.44. The van der Waals surface area contributed by atoms with Crippen molar-refractivity contribution in [1.82, 2.24) is 0 Å². The molecule has 0 aromatic heterocycles. The highest BCUT2D eigenvalue weighted by Gasteiger charge is 2.11. The molecule has 0 aliphatic rings. The van der Waals surface area contributed by atoms with Crippen molar-refractivity contribution in [1.29, 1.82) is 0 Å². The van der Waals surface area contributed by atoms with Gasteiger partial charge >= 0.3 is 12.0 Å².